The van der Waals surface area contributed by atoms with E-state index in [1.807, 2.05) is 13.8 Å². The number of fused-ring (bicyclic) bond motifs is 1. The second-order valence-corrected chi connectivity index (χ2v) is 6.69. The van der Waals surface area contributed by atoms with Gasteiger partial charge in [-0.25, -0.2) is 17.9 Å². The van der Waals surface area contributed by atoms with Gasteiger partial charge in [0.25, 0.3) is 5.56 Å². The smallest absolute Gasteiger partial charge is 0.313 e. The number of nitrogens with one attached hydrogen (secondary N) is 4. The third kappa shape index (κ3) is 4.64. The van der Waals surface area contributed by atoms with E-state index in [1.165, 1.54) is 18.2 Å². The average molecular weight is 363 g/mol. The molecule has 0 aliphatic rings. The van der Waals surface area contributed by atoms with E-state index in [1.54, 1.807) is 0 Å². The minimum absolute atomic E-state index is 0. The molecule has 0 radical (unpaired) electrons. The first-order valence-electron chi connectivity index (χ1n) is 6.83. The maximum atomic E-state index is 12.2. The number of aromatic nitrogens is 2. The molecule has 1 aromatic carbocycles. The lowest BCUT2D eigenvalue weighted by Gasteiger charge is -2.13. The number of halogens is 1. The number of hydrogen-bond donors (Lipinski definition) is 4. The third-order valence-corrected chi connectivity index (χ3v) is 4.57. The van der Waals surface area contributed by atoms with Crippen molar-refractivity contribution >= 4 is 33.3 Å². The van der Waals surface area contributed by atoms with Crippen molar-refractivity contribution in [3.8, 4) is 0 Å². The summed E-state index contributed by atoms with van der Waals surface area (Å²) in [6, 6.07) is 3.97. The van der Waals surface area contributed by atoms with Gasteiger partial charge in [-0.2, -0.15) is 0 Å². The Morgan fingerprint density at radius 2 is 1.91 bits per heavy atom. The highest BCUT2D eigenvalue weighted by molar-refractivity contribution is 7.89. The molecule has 1 aromatic heterocycles. The number of sulfonamides is 1. The van der Waals surface area contributed by atoms with Gasteiger partial charge < -0.3 is 10.3 Å². The fourth-order valence-electron chi connectivity index (χ4n) is 2.05. The lowest BCUT2D eigenvalue weighted by atomic mass is 10.2. The van der Waals surface area contributed by atoms with Crippen molar-refractivity contribution in [2.75, 3.05) is 13.1 Å². The maximum absolute atomic E-state index is 12.2. The van der Waals surface area contributed by atoms with Crippen LogP contribution in [0.4, 0.5) is 0 Å². The zero-order valence-corrected chi connectivity index (χ0v) is 14.3. The molecule has 0 spiro atoms. The summed E-state index contributed by atoms with van der Waals surface area (Å²) >= 11 is 0. The van der Waals surface area contributed by atoms with Gasteiger partial charge in [-0.05, 0) is 31.7 Å². The Balaban J connectivity index is 0.00000264. The number of aromatic amines is 2. The van der Waals surface area contributed by atoms with Crippen LogP contribution >= 0.6 is 12.4 Å². The van der Waals surface area contributed by atoms with Gasteiger partial charge >= 0.3 is 5.69 Å². The molecule has 4 N–H and O–H groups in total. The largest absolute Gasteiger partial charge is 0.326 e. The van der Waals surface area contributed by atoms with Crippen molar-refractivity contribution in [3.05, 3.63) is 39.0 Å². The first-order valence-corrected chi connectivity index (χ1v) is 8.31. The van der Waals surface area contributed by atoms with Crippen LogP contribution in [0.25, 0.3) is 10.9 Å². The Labute approximate surface area is 139 Å². The van der Waals surface area contributed by atoms with Gasteiger partial charge in [0, 0.05) is 12.6 Å². The summed E-state index contributed by atoms with van der Waals surface area (Å²) in [6.45, 7) is 4.76. The Kier molecular flexibility index (Phi) is 6.51. The predicted molar refractivity (Wildman–Crippen MR) is 90.8 cm³/mol. The molecular formula is C13H19ClN4O4S. The Morgan fingerprint density at radius 1 is 1.22 bits per heavy atom. The van der Waals surface area contributed by atoms with Gasteiger partial charge in [0.1, 0.15) is 0 Å². The molecule has 10 heteroatoms. The van der Waals surface area contributed by atoms with Gasteiger partial charge in [-0.1, -0.05) is 6.92 Å². The van der Waals surface area contributed by atoms with Crippen LogP contribution in [-0.4, -0.2) is 37.5 Å². The van der Waals surface area contributed by atoms with Gasteiger partial charge in [-0.3, -0.25) is 9.78 Å². The van der Waals surface area contributed by atoms with E-state index in [0.29, 0.717) is 0 Å². The molecule has 0 aliphatic carbocycles. The second kappa shape index (κ2) is 7.73. The van der Waals surface area contributed by atoms with Crippen LogP contribution in [0.3, 0.4) is 0 Å². The van der Waals surface area contributed by atoms with E-state index in [4.69, 9.17) is 0 Å². The van der Waals surface area contributed by atoms with Gasteiger partial charge in [0.05, 0.1) is 15.8 Å². The van der Waals surface area contributed by atoms with Crippen LogP contribution < -0.4 is 21.3 Å². The number of benzene rings is 1. The van der Waals surface area contributed by atoms with Crippen molar-refractivity contribution < 1.29 is 8.42 Å². The molecule has 1 atom stereocenters. The van der Waals surface area contributed by atoms with Crippen molar-refractivity contribution in [2.45, 2.75) is 24.8 Å². The van der Waals surface area contributed by atoms with Gasteiger partial charge in [0.15, 0.2) is 0 Å². The normalized spacial score (nSPS) is 12.8. The second-order valence-electron chi connectivity index (χ2n) is 4.93. The Morgan fingerprint density at radius 3 is 2.57 bits per heavy atom. The predicted octanol–water partition coefficient (Wildman–Crippen LogP) is -0.0855. The van der Waals surface area contributed by atoms with E-state index in [0.717, 1.165) is 6.54 Å². The lowest BCUT2D eigenvalue weighted by molar-refractivity contribution is 0.536. The zero-order valence-electron chi connectivity index (χ0n) is 12.7. The lowest BCUT2D eigenvalue weighted by Crippen LogP contribution is -2.38. The highest BCUT2D eigenvalue weighted by atomic mass is 35.5. The first-order chi connectivity index (χ1) is 10.3. The van der Waals surface area contributed by atoms with Crippen molar-refractivity contribution in [3.63, 3.8) is 0 Å². The number of rotatable bonds is 6. The Hall–Kier alpha value is -1.68. The standard InChI is InChI=1S/C13H18N4O4S.ClH/c1-3-14-8(2)7-15-22(20,21)9-4-5-11-10(6-9)12(18)17-13(19)16-11;/h4-6,8,14-15H,3,7H2,1-2H3,(H2,16,17,18,19);1H/t8-;/m1./s1. The highest BCUT2D eigenvalue weighted by Gasteiger charge is 2.16. The number of hydrogen-bond acceptors (Lipinski definition) is 5. The van der Waals surface area contributed by atoms with Crippen LogP contribution in [0, 0.1) is 0 Å². The van der Waals surface area contributed by atoms with Crippen LogP contribution in [0.1, 0.15) is 13.8 Å². The molecule has 0 aliphatic heterocycles. The summed E-state index contributed by atoms with van der Waals surface area (Å²) in [7, 11) is -3.73. The molecule has 0 bridgehead atoms. The third-order valence-electron chi connectivity index (χ3n) is 3.15. The van der Waals surface area contributed by atoms with Crippen molar-refractivity contribution in [1.29, 1.82) is 0 Å². The average Bonchev–Trinajstić information content (AvgIpc) is 2.45. The minimum atomic E-state index is -3.73. The monoisotopic (exact) mass is 362 g/mol. The molecule has 2 aromatic rings. The summed E-state index contributed by atoms with van der Waals surface area (Å²) in [6.07, 6.45) is 0. The molecule has 0 amide bonds. The molecule has 2 rings (SSSR count). The molecule has 8 nitrogen and oxygen atoms in total. The summed E-state index contributed by atoms with van der Waals surface area (Å²) in [5.41, 5.74) is -0.976. The van der Waals surface area contributed by atoms with E-state index in [-0.39, 0.29) is 40.8 Å². The van der Waals surface area contributed by atoms with E-state index < -0.39 is 21.3 Å². The maximum Gasteiger partial charge on any atom is 0.326 e. The SMILES string of the molecule is CCN[C@H](C)CNS(=O)(=O)c1ccc2[nH]c(=O)[nH]c(=O)c2c1.Cl. The topological polar surface area (TPSA) is 124 Å². The summed E-state index contributed by atoms with van der Waals surface area (Å²) in [4.78, 5) is 27.4. The number of H-pyrrole nitrogens is 2. The van der Waals surface area contributed by atoms with Crippen molar-refractivity contribution in [1.82, 2.24) is 20.0 Å². The summed E-state index contributed by atoms with van der Waals surface area (Å²) in [5.74, 6) is 0. The van der Waals surface area contributed by atoms with E-state index in [9.17, 15) is 18.0 Å². The van der Waals surface area contributed by atoms with Gasteiger partial charge in [-0.15, -0.1) is 12.4 Å². The quantitative estimate of drug-likeness (QED) is 0.572. The molecule has 1 heterocycles. The molecular weight excluding hydrogens is 344 g/mol. The highest BCUT2D eigenvalue weighted by Crippen LogP contribution is 2.13. The van der Waals surface area contributed by atoms with Crippen LogP contribution in [0.2, 0.25) is 0 Å². The molecule has 0 fully saturated rings. The van der Waals surface area contributed by atoms with Crippen LogP contribution in [0.15, 0.2) is 32.7 Å². The van der Waals surface area contributed by atoms with E-state index in [2.05, 4.69) is 20.0 Å². The Bertz CT molecular complexity index is 891. The summed E-state index contributed by atoms with van der Waals surface area (Å²) < 4.78 is 27.0. The van der Waals surface area contributed by atoms with Gasteiger partial charge in [0.2, 0.25) is 10.0 Å². The van der Waals surface area contributed by atoms with Crippen LogP contribution in [-0.2, 0) is 10.0 Å². The number of likely N-dealkylation sites (N-methyl/N-ethyl adjacent to an activating group) is 1. The molecule has 128 valence electrons. The molecule has 0 saturated carbocycles. The van der Waals surface area contributed by atoms with Crippen LogP contribution in [0.5, 0.6) is 0 Å². The minimum Gasteiger partial charge on any atom is -0.313 e. The molecule has 23 heavy (non-hydrogen) atoms. The van der Waals surface area contributed by atoms with Crippen molar-refractivity contribution in [2.24, 2.45) is 0 Å². The summed E-state index contributed by atoms with van der Waals surface area (Å²) in [5, 5.41) is 3.21. The molecule has 0 unspecified atom stereocenters. The first kappa shape index (κ1) is 19.4. The van der Waals surface area contributed by atoms with E-state index >= 15 is 0 Å². The fraction of sp³-hybridized carbons (Fsp3) is 0.385. The fourth-order valence-corrected chi connectivity index (χ4v) is 3.21. The zero-order chi connectivity index (χ0) is 16.3. The molecule has 0 saturated heterocycles.